The second kappa shape index (κ2) is 6.32. The van der Waals surface area contributed by atoms with Gasteiger partial charge in [-0.3, -0.25) is 4.90 Å². The van der Waals surface area contributed by atoms with Crippen LogP contribution in [0.4, 0.5) is 0 Å². The molecular weight excluding hydrogens is 252 g/mol. The fraction of sp³-hybridized carbons (Fsp3) is 1.00. The summed E-state index contributed by atoms with van der Waals surface area (Å²) in [7, 11) is 0.727. The van der Waals surface area contributed by atoms with Crippen LogP contribution in [0.1, 0.15) is 25.7 Å². The van der Waals surface area contributed by atoms with E-state index >= 15 is 0 Å². The normalized spacial score (nSPS) is 29.7. The Morgan fingerprint density at radius 1 is 1.44 bits per heavy atom. The van der Waals surface area contributed by atoms with Crippen LogP contribution in [-0.4, -0.2) is 64.2 Å². The molecule has 0 aromatic rings. The molecule has 108 valence electrons. The number of ether oxygens (including phenoxy) is 1. The van der Waals surface area contributed by atoms with Crippen molar-refractivity contribution >= 4 is 9.84 Å². The van der Waals surface area contributed by atoms with Gasteiger partial charge in [-0.1, -0.05) is 12.8 Å². The van der Waals surface area contributed by atoms with Crippen LogP contribution < -0.4 is 5.73 Å². The number of nitrogens with zero attached hydrogens (tertiary/aromatic N) is 1. The summed E-state index contributed by atoms with van der Waals surface area (Å²) >= 11 is 0. The summed E-state index contributed by atoms with van der Waals surface area (Å²) in [5.74, 6) is 0.168. The number of methoxy groups -OCH3 is 1. The fourth-order valence-electron chi connectivity index (χ4n) is 2.88. The first kappa shape index (κ1) is 15.9. The molecule has 0 radical (unpaired) electrons. The molecule has 2 unspecified atom stereocenters. The molecule has 1 fully saturated rings. The third-order valence-corrected chi connectivity index (χ3v) is 5.05. The molecule has 0 aromatic carbocycles. The van der Waals surface area contributed by atoms with Gasteiger partial charge in [0.05, 0.1) is 17.4 Å². The van der Waals surface area contributed by atoms with Gasteiger partial charge in [0.2, 0.25) is 0 Å². The Labute approximate surface area is 111 Å². The van der Waals surface area contributed by atoms with Gasteiger partial charge in [0.25, 0.3) is 0 Å². The second-order valence-electron chi connectivity index (χ2n) is 5.33. The Morgan fingerprint density at radius 3 is 2.61 bits per heavy atom. The summed E-state index contributed by atoms with van der Waals surface area (Å²) < 4.78 is 28.1. The van der Waals surface area contributed by atoms with Crippen LogP contribution in [0.2, 0.25) is 0 Å². The molecule has 2 atom stereocenters. The Hall–Kier alpha value is -0.170. The summed E-state index contributed by atoms with van der Waals surface area (Å²) in [6, 6.07) is 0. The number of hydrogen-bond acceptors (Lipinski definition) is 5. The molecule has 0 heterocycles. The van der Waals surface area contributed by atoms with Crippen molar-refractivity contribution in [3.63, 3.8) is 0 Å². The quantitative estimate of drug-likeness (QED) is 0.754. The summed E-state index contributed by atoms with van der Waals surface area (Å²) in [5, 5.41) is 0. The number of nitrogens with two attached hydrogens (primary N) is 1. The van der Waals surface area contributed by atoms with E-state index in [1.807, 2.05) is 7.05 Å². The Bertz CT molecular complexity index is 358. The van der Waals surface area contributed by atoms with Crippen LogP contribution in [-0.2, 0) is 14.6 Å². The number of hydrogen-bond donors (Lipinski definition) is 1. The lowest BCUT2D eigenvalue weighted by Gasteiger charge is -2.48. The fourth-order valence-corrected chi connectivity index (χ4v) is 3.48. The maximum absolute atomic E-state index is 11.3. The molecule has 1 saturated carbocycles. The minimum Gasteiger partial charge on any atom is -0.379 e. The molecule has 5 nitrogen and oxygen atoms in total. The average molecular weight is 278 g/mol. The highest BCUT2D eigenvalue weighted by Gasteiger charge is 2.43. The lowest BCUT2D eigenvalue weighted by molar-refractivity contribution is -0.0635. The molecule has 1 aliphatic rings. The monoisotopic (exact) mass is 278 g/mol. The summed E-state index contributed by atoms with van der Waals surface area (Å²) in [6.07, 6.45) is 5.62. The first-order valence-corrected chi connectivity index (χ1v) is 8.53. The minimum absolute atomic E-state index is 0.0980. The van der Waals surface area contributed by atoms with Crippen molar-refractivity contribution in [3.8, 4) is 0 Å². The van der Waals surface area contributed by atoms with E-state index < -0.39 is 9.84 Å². The predicted molar refractivity (Wildman–Crippen MR) is 73.4 cm³/mol. The van der Waals surface area contributed by atoms with Gasteiger partial charge in [-0.2, -0.15) is 0 Å². The average Bonchev–Trinajstić information content (AvgIpc) is 2.34. The smallest absolute Gasteiger partial charge is 0.148 e. The Kier molecular flexibility index (Phi) is 5.58. The molecule has 0 spiro atoms. The van der Waals surface area contributed by atoms with Gasteiger partial charge >= 0.3 is 0 Å². The first-order valence-electron chi connectivity index (χ1n) is 6.47. The third-order valence-electron chi connectivity index (χ3n) is 4.12. The van der Waals surface area contributed by atoms with Crippen LogP contribution in [0.5, 0.6) is 0 Å². The van der Waals surface area contributed by atoms with Gasteiger partial charge in [0.1, 0.15) is 9.84 Å². The molecule has 6 heteroatoms. The van der Waals surface area contributed by atoms with Gasteiger partial charge in [0.15, 0.2) is 0 Å². The van der Waals surface area contributed by atoms with Crippen molar-refractivity contribution in [2.45, 2.75) is 37.3 Å². The van der Waals surface area contributed by atoms with Crippen LogP contribution in [0.25, 0.3) is 0 Å². The van der Waals surface area contributed by atoms with E-state index in [-0.39, 0.29) is 17.4 Å². The molecule has 18 heavy (non-hydrogen) atoms. The highest BCUT2D eigenvalue weighted by molar-refractivity contribution is 7.90. The van der Waals surface area contributed by atoms with Crippen molar-refractivity contribution in [1.29, 1.82) is 0 Å². The van der Waals surface area contributed by atoms with E-state index in [4.69, 9.17) is 10.5 Å². The zero-order valence-electron chi connectivity index (χ0n) is 11.7. The second-order valence-corrected chi connectivity index (χ2v) is 7.59. The molecule has 0 aliphatic heterocycles. The highest BCUT2D eigenvalue weighted by atomic mass is 32.2. The Morgan fingerprint density at radius 2 is 2.11 bits per heavy atom. The molecule has 0 amide bonds. The molecule has 1 aliphatic carbocycles. The third kappa shape index (κ3) is 3.66. The SMILES string of the molecule is COC1CCCCC1(CN)N(C)CCS(C)(=O)=O. The lowest BCUT2D eigenvalue weighted by atomic mass is 9.78. The maximum Gasteiger partial charge on any atom is 0.148 e. The maximum atomic E-state index is 11.3. The standard InChI is InChI=1S/C12H26N2O3S/c1-14(8-9-18(3,15)16)12(10-13)7-5-4-6-11(12)17-2/h11H,4-10,13H2,1-3H3. The zero-order valence-corrected chi connectivity index (χ0v) is 12.5. The van der Waals surface area contributed by atoms with Gasteiger partial charge in [0, 0.05) is 26.5 Å². The first-order chi connectivity index (χ1) is 8.35. The summed E-state index contributed by atoms with van der Waals surface area (Å²) in [5.41, 5.74) is 5.76. The van der Waals surface area contributed by atoms with E-state index in [9.17, 15) is 8.42 Å². The molecule has 0 aromatic heterocycles. The van der Waals surface area contributed by atoms with Crippen LogP contribution in [0.15, 0.2) is 0 Å². The van der Waals surface area contributed by atoms with Crippen molar-refractivity contribution < 1.29 is 13.2 Å². The summed E-state index contributed by atoms with van der Waals surface area (Å²) in [6.45, 7) is 1.02. The summed E-state index contributed by atoms with van der Waals surface area (Å²) in [4.78, 5) is 2.08. The molecule has 0 saturated heterocycles. The molecular formula is C12H26N2O3S. The number of likely N-dealkylation sites (N-methyl/N-ethyl adjacent to an activating group) is 1. The van der Waals surface area contributed by atoms with Crippen molar-refractivity contribution in [1.82, 2.24) is 4.90 Å². The number of sulfone groups is 1. The van der Waals surface area contributed by atoms with E-state index in [0.717, 1.165) is 25.7 Å². The van der Waals surface area contributed by atoms with Crippen molar-refractivity contribution in [2.24, 2.45) is 5.73 Å². The van der Waals surface area contributed by atoms with Gasteiger partial charge in [-0.25, -0.2) is 8.42 Å². The molecule has 1 rings (SSSR count). The number of rotatable bonds is 6. The van der Waals surface area contributed by atoms with Crippen molar-refractivity contribution in [2.75, 3.05) is 39.3 Å². The zero-order chi connectivity index (χ0) is 13.8. The van der Waals surface area contributed by atoms with E-state index in [0.29, 0.717) is 13.1 Å². The van der Waals surface area contributed by atoms with Crippen molar-refractivity contribution in [3.05, 3.63) is 0 Å². The van der Waals surface area contributed by atoms with Gasteiger partial charge < -0.3 is 10.5 Å². The lowest BCUT2D eigenvalue weighted by Crippen LogP contribution is -2.62. The molecule has 0 bridgehead atoms. The molecule has 2 N–H and O–H groups in total. The van der Waals surface area contributed by atoms with E-state index in [1.54, 1.807) is 7.11 Å². The van der Waals surface area contributed by atoms with Gasteiger partial charge in [-0.05, 0) is 19.9 Å². The predicted octanol–water partition coefficient (Wildman–Crippen LogP) is 0.249. The minimum atomic E-state index is -2.94. The highest BCUT2D eigenvalue weighted by Crippen LogP contribution is 2.34. The largest absolute Gasteiger partial charge is 0.379 e. The van der Waals surface area contributed by atoms with E-state index in [2.05, 4.69) is 4.90 Å². The van der Waals surface area contributed by atoms with Crippen LogP contribution in [0, 0.1) is 0 Å². The topological polar surface area (TPSA) is 72.6 Å². The Balaban J connectivity index is 2.78. The van der Waals surface area contributed by atoms with Crippen LogP contribution in [0.3, 0.4) is 0 Å². The van der Waals surface area contributed by atoms with Gasteiger partial charge in [-0.15, -0.1) is 0 Å². The van der Waals surface area contributed by atoms with E-state index in [1.165, 1.54) is 6.26 Å². The van der Waals surface area contributed by atoms with Crippen LogP contribution >= 0.6 is 0 Å².